The maximum Gasteiger partial charge on any atom is 0.193 e. The van der Waals surface area contributed by atoms with Crippen LogP contribution in [0.3, 0.4) is 0 Å². The van der Waals surface area contributed by atoms with E-state index in [0.29, 0.717) is 12.0 Å². The first kappa shape index (κ1) is 20.3. The molecule has 0 bridgehead atoms. The Morgan fingerprint density at radius 2 is 1.80 bits per heavy atom. The zero-order valence-electron chi connectivity index (χ0n) is 15.3. The summed E-state index contributed by atoms with van der Waals surface area (Å²) < 4.78 is 5.64. The fourth-order valence-corrected chi connectivity index (χ4v) is 3.51. The third-order valence-corrected chi connectivity index (χ3v) is 4.82. The maximum atomic E-state index is 6.05. The molecule has 6 heteroatoms. The SMILES string of the molecule is CC(C)Oc1ccc(NC(N)=NC2CC(N3CCCCC3)C2)cc1.I. The van der Waals surface area contributed by atoms with E-state index in [4.69, 9.17) is 10.5 Å². The number of anilines is 1. The summed E-state index contributed by atoms with van der Waals surface area (Å²) in [6, 6.07) is 8.93. The number of piperidine rings is 1. The van der Waals surface area contributed by atoms with Crippen LogP contribution >= 0.6 is 24.0 Å². The Morgan fingerprint density at radius 3 is 2.40 bits per heavy atom. The summed E-state index contributed by atoms with van der Waals surface area (Å²) in [6.45, 7) is 6.57. The van der Waals surface area contributed by atoms with Gasteiger partial charge in [-0.1, -0.05) is 6.42 Å². The number of halogens is 1. The van der Waals surface area contributed by atoms with Gasteiger partial charge >= 0.3 is 0 Å². The Morgan fingerprint density at radius 1 is 1.16 bits per heavy atom. The monoisotopic (exact) mass is 458 g/mol. The van der Waals surface area contributed by atoms with E-state index in [1.807, 2.05) is 38.1 Å². The van der Waals surface area contributed by atoms with Gasteiger partial charge in [-0.15, -0.1) is 24.0 Å². The molecule has 1 aliphatic heterocycles. The van der Waals surface area contributed by atoms with Crippen molar-refractivity contribution >= 4 is 35.6 Å². The molecule has 1 saturated heterocycles. The van der Waals surface area contributed by atoms with Gasteiger partial charge in [-0.25, -0.2) is 4.99 Å². The molecule has 2 fully saturated rings. The number of benzene rings is 1. The molecule has 0 aromatic heterocycles. The maximum absolute atomic E-state index is 6.05. The van der Waals surface area contributed by atoms with Gasteiger partial charge in [0.25, 0.3) is 0 Å². The lowest BCUT2D eigenvalue weighted by atomic mass is 9.85. The molecule has 1 heterocycles. The summed E-state index contributed by atoms with van der Waals surface area (Å²) in [4.78, 5) is 7.25. The van der Waals surface area contributed by atoms with Crippen LogP contribution in [0.5, 0.6) is 5.75 Å². The molecule has 1 aromatic rings. The van der Waals surface area contributed by atoms with E-state index >= 15 is 0 Å². The second-order valence-corrected chi connectivity index (χ2v) is 7.21. The number of hydrogen-bond acceptors (Lipinski definition) is 3. The third kappa shape index (κ3) is 6.02. The van der Waals surface area contributed by atoms with Crippen molar-refractivity contribution in [3.05, 3.63) is 24.3 Å². The molecule has 140 valence electrons. The Balaban J connectivity index is 0.00000225. The number of guanidine groups is 1. The minimum absolute atomic E-state index is 0. The summed E-state index contributed by atoms with van der Waals surface area (Å²) in [5, 5.41) is 3.17. The van der Waals surface area contributed by atoms with Gasteiger partial charge in [-0.05, 0) is 76.9 Å². The van der Waals surface area contributed by atoms with Crippen LogP contribution in [-0.4, -0.2) is 42.1 Å². The van der Waals surface area contributed by atoms with Crippen molar-refractivity contribution in [1.82, 2.24) is 4.90 Å². The van der Waals surface area contributed by atoms with Crippen LogP contribution in [0.25, 0.3) is 0 Å². The number of aliphatic imine (C=N–C) groups is 1. The molecule has 25 heavy (non-hydrogen) atoms. The number of likely N-dealkylation sites (tertiary alicyclic amines) is 1. The van der Waals surface area contributed by atoms with Crippen molar-refractivity contribution in [2.45, 2.75) is 64.1 Å². The van der Waals surface area contributed by atoms with E-state index in [0.717, 1.165) is 30.3 Å². The summed E-state index contributed by atoms with van der Waals surface area (Å²) in [5.41, 5.74) is 7.00. The van der Waals surface area contributed by atoms with Gasteiger partial charge in [0.15, 0.2) is 5.96 Å². The van der Waals surface area contributed by atoms with Crippen molar-refractivity contribution in [2.75, 3.05) is 18.4 Å². The van der Waals surface area contributed by atoms with Gasteiger partial charge in [-0.3, -0.25) is 0 Å². The van der Waals surface area contributed by atoms with Crippen molar-refractivity contribution in [2.24, 2.45) is 10.7 Å². The third-order valence-electron chi connectivity index (χ3n) is 4.82. The van der Waals surface area contributed by atoms with Crippen LogP contribution in [-0.2, 0) is 0 Å². The smallest absolute Gasteiger partial charge is 0.193 e. The van der Waals surface area contributed by atoms with Crippen molar-refractivity contribution < 1.29 is 4.74 Å². The molecular weight excluding hydrogens is 427 g/mol. The van der Waals surface area contributed by atoms with Gasteiger partial charge in [0.1, 0.15) is 5.75 Å². The summed E-state index contributed by atoms with van der Waals surface area (Å²) in [6.07, 6.45) is 6.56. The lowest BCUT2D eigenvalue weighted by molar-refractivity contribution is 0.0912. The van der Waals surface area contributed by atoms with Gasteiger partial charge in [0, 0.05) is 11.7 Å². The first-order chi connectivity index (χ1) is 11.6. The molecule has 3 N–H and O–H groups in total. The number of ether oxygens (including phenoxy) is 1. The quantitative estimate of drug-likeness (QED) is 0.400. The number of rotatable bonds is 5. The highest BCUT2D eigenvalue weighted by molar-refractivity contribution is 14.0. The molecule has 3 rings (SSSR count). The molecular formula is C19H31IN4O. The van der Waals surface area contributed by atoms with Crippen molar-refractivity contribution in [1.29, 1.82) is 0 Å². The minimum atomic E-state index is 0. The van der Waals surface area contributed by atoms with E-state index in [1.165, 1.54) is 32.4 Å². The standard InChI is InChI=1S/C19H30N4O.HI/c1-14(2)24-18-8-6-15(7-9-18)21-19(20)22-16-12-17(13-16)23-10-4-3-5-11-23;/h6-9,14,16-17H,3-5,10-13H2,1-2H3,(H3,20,21,22);1H. The Hall–Kier alpha value is -1.02. The second kappa shape index (κ2) is 9.62. The Bertz CT molecular complexity index is 549. The molecule has 1 aromatic carbocycles. The van der Waals surface area contributed by atoms with E-state index in [1.54, 1.807) is 0 Å². The lowest BCUT2D eigenvalue weighted by Gasteiger charge is -2.43. The number of hydrogen-bond donors (Lipinski definition) is 2. The highest BCUT2D eigenvalue weighted by atomic mass is 127. The summed E-state index contributed by atoms with van der Waals surface area (Å²) in [5.74, 6) is 1.38. The average molecular weight is 458 g/mol. The highest BCUT2D eigenvalue weighted by Crippen LogP contribution is 2.30. The zero-order valence-corrected chi connectivity index (χ0v) is 17.6. The van der Waals surface area contributed by atoms with E-state index in [9.17, 15) is 0 Å². The largest absolute Gasteiger partial charge is 0.491 e. The second-order valence-electron chi connectivity index (χ2n) is 7.21. The summed E-state index contributed by atoms with van der Waals surface area (Å²) in [7, 11) is 0. The average Bonchev–Trinajstić information content (AvgIpc) is 2.53. The number of nitrogens with one attached hydrogen (secondary N) is 1. The fourth-order valence-electron chi connectivity index (χ4n) is 3.51. The van der Waals surface area contributed by atoms with E-state index < -0.39 is 0 Å². The van der Waals surface area contributed by atoms with Crippen LogP contribution in [0.2, 0.25) is 0 Å². The van der Waals surface area contributed by atoms with Crippen molar-refractivity contribution in [3.8, 4) is 5.75 Å². The molecule has 2 aliphatic rings. The predicted octanol–water partition coefficient (Wildman–Crippen LogP) is 3.84. The van der Waals surface area contributed by atoms with Gasteiger partial charge in [0.2, 0.25) is 0 Å². The molecule has 1 saturated carbocycles. The topological polar surface area (TPSA) is 62.9 Å². The zero-order chi connectivity index (χ0) is 16.9. The van der Waals surface area contributed by atoms with Gasteiger partial charge in [-0.2, -0.15) is 0 Å². The predicted molar refractivity (Wildman–Crippen MR) is 115 cm³/mol. The first-order valence-electron chi connectivity index (χ1n) is 9.21. The Labute approximate surface area is 168 Å². The fraction of sp³-hybridized carbons (Fsp3) is 0.632. The van der Waals surface area contributed by atoms with Gasteiger partial charge < -0.3 is 20.7 Å². The lowest BCUT2D eigenvalue weighted by Crippen LogP contribution is -2.49. The Kier molecular flexibility index (Phi) is 7.81. The minimum Gasteiger partial charge on any atom is -0.491 e. The van der Waals surface area contributed by atoms with Crippen LogP contribution in [0.4, 0.5) is 5.69 Å². The van der Waals surface area contributed by atoms with Crippen LogP contribution < -0.4 is 15.8 Å². The molecule has 0 amide bonds. The summed E-state index contributed by atoms with van der Waals surface area (Å²) >= 11 is 0. The van der Waals surface area contributed by atoms with E-state index in [2.05, 4.69) is 15.2 Å². The molecule has 0 unspecified atom stereocenters. The number of nitrogens with zero attached hydrogens (tertiary/aromatic N) is 2. The normalized spacial score (nSPS) is 24.4. The van der Waals surface area contributed by atoms with Crippen molar-refractivity contribution in [3.63, 3.8) is 0 Å². The first-order valence-corrected chi connectivity index (χ1v) is 9.21. The highest BCUT2D eigenvalue weighted by Gasteiger charge is 2.33. The number of nitrogens with two attached hydrogens (primary N) is 1. The van der Waals surface area contributed by atoms with Crippen LogP contribution in [0.15, 0.2) is 29.3 Å². The molecule has 0 atom stereocenters. The van der Waals surface area contributed by atoms with Crippen LogP contribution in [0, 0.1) is 0 Å². The van der Waals surface area contributed by atoms with Crippen LogP contribution in [0.1, 0.15) is 46.0 Å². The van der Waals surface area contributed by atoms with Gasteiger partial charge in [0.05, 0.1) is 12.1 Å². The molecule has 0 radical (unpaired) electrons. The molecule has 5 nitrogen and oxygen atoms in total. The molecule has 0 spiro atoms. The van der Waals surface area contributed by atoms with E-state index in [-0.39, 0.29) is 30.1 Å². The molecule has 1 aliphatic carbocycles.